The zero-order chi connectivity index (χ0) is 18.1. The second kappa shape index (κ2) is 9.44. The maximum absolute atomic E-state index is 12.9. The number of carbonyl (C=O) groups is 1. The van der Waals surface area contributed by atoms with Crippen LogP contribution in [0.3, 0.4) is 0 Å². The molecule has 0 saturated heterocycles. The van der Waals surface area contributed by atoms with Gasteiger partial charge in [0, 0.05) is 18.7 Å². The molecular formula is C19H21FN2O3. The van der Waals surface area contributed by atoms with E-state index in [1.165, 1.54) is 24.3 Å². The minimum Gasteiger partial charge on any atom is -0.489 e. The molecule has 2 aromatic rings. The largest absolute Gasteiger partial charge is 0.489 e. The highest BCUT2D eigenvalue weighted by molar-refractivity contribution is 5.74. The normalized spacial score (nSPS) is 11.4. The van der Waals surface area contributed by atoms with Crippen molar-refractivity contribution in [1.29, 1.82) is 0 Å². The molecule has 0 saturated carbocycles. The van der Waals surface area contributed by atoms with Crippen molar-refractivity contribution >= 4 is 6.03 Å². The summed E-state index contributed by atoms with van der Waals surface area (Å²) in [6, 6.07) is 12.4. The molecule has 6 heteroatoms. The molecule has 5 nitrogen and oxygen atoms in total. The molecule has 0 aliphatic heterocycles. The van der Waals surface area contributed by atoms with Crippen molar-refractivity contribution in [2.24, 2.45) is 0 Å². The number of aliphatic hydroxyl groups is 1. The fraction of sp³-hybridized carbons (Fsp3) is 0.211. The molecule has 132 valence electrons. The van der Waals surface area contributed by atoms with Gasteiger partial charge in [-0.1, -0.05) is 43.0 Å². The van der Waals surface area contributed by atoms with Crippen molar-refractivity contribution in [2.75, 3.05) is 13.2 Å². The van der Waals surface area contributed by atoms with Crippen LogP contribution in [0.5, 0.6) is 5.75 Å². The molecule has 3 N–H and O–H groups in total. The van der Waals surface area contributed by atoms with Crippen molar-refractivity contribution in [3.8, 4) is 5.75 Å². The Hall–Kier alpha value is -2.86. The van der Waals surface area contributed by atoms with Crippen LogP contribution >= 0.6 is 0 Å². The van der Waals surface area contributed by atoms with Crippen LogP contribution in [0.15, 0.2) is 61.2 Å². The van der Waals surface area contributed by atoms with Crippen molar-refractivity contribution in [1.82, 2.24) is 10.6 Å². The number of ether oxygens (including phenoxy) is 1. The smallest absolute Gasteiger partial charge is 0.315 e. The monoisotopic (exact) mass is 344 g/mol. The van der Waals surface area contributed by atoms with Gasteiger partial charge in [-0.25, -0.2) is 9.18 Å². The first-order valence-electron chi connectivity index (χ1n) is 7.87. The van der Waals surface area contributed by atoms with Crippen LogP contribution in [0.2, 0.25) is 0 Å². The van der Waals surface area contributed by atoms with Gasteiger partial charge in [0.05, 0.1) is 6.10 Å². The first kappa shape index (κ1) is 18.5. The molecule has 0 aromatic heterocycles. The molecule has 0 heterocycles. The first-order chi connectivity index (χ1) is 12.1. The van der Waals surface area contributed by atoms with Crippen LogP contribution in [-0.2, 0) is 6.54 Å². The summed E-state index contributed by atoms with van der Waals surface area (Å²) in [5.41, 5.74) is 1.36. The van der Waals surface area contributed by atoms with Crippen molar-refractivity contribution in [2.45, 2.75) is 12.6 Å². The van der Waals surface area contributed by atoms with Crippen molar-refractivity contribution in [3.63, 3.8) is 0 Å². The minimum absolute atomic E-state index is 0.0199. The third kappa shape index (κ3) is 5.93. The van der Waals surface area contributed by atoms with Gasteiger partial charge in [-0.05, 0) is 23.8 Å². The predicted octanol–water partition coefficient (Wildman–Crippen LogP) is 2.92. The van der Waals surface area contributed by atoms with E-state index in [9.17, 15) is 14.3 Å². The van der Waals surface area contributed by atoms with E-state index in [0.717, 1.165) is 5.56 Å². The van der Waals surface area contributed by atoms with Gasteiger partial charge in [-0.2, -0.15) is 0 Å². The Balaban J connectivity index is 1.81. The maximum atomic E-state index is 12.9. The molecule has 0 aliphatic rings. The Morgan fingerprint density at radius 3 is 2.64 bits per heavy atom. The number of benzene rings is 2. The molecule has 1 atom stereocenters. The number of nitrogens with one attached hydrogen (secondary N) is 2. The quantitative estimate of drug-likeness (QED) is 0.645. The number of carbonyl (C=O) groups excluding carboxylic acids is 1. The Kier molecular flexibility index (Phi) is 6.98. The molecule has 2 rings (SSSR count). The van der Waals surface area contributed by atoms with Gasteiger partial charge < -0.3 is 20.5 Å². The van der Waals surface area contributed by atoms with Crippen LogP contribution < -0.4 is 15.4 Å². The predicted molar refractivity (Wildman–Crippen MR) is 93.7 cm³/mol. The fourth-order valence-corrected chi connectivity index (χ4v) is 2.17. The molecule has 0 bridgehead atoms. The summed E-state index contributed by atoms with van der Waals surface area (Å²) in [6.07, 6.45) is 0.739. The van der Waals surface area contributed by atoms with Gasteiger partial charge in [-0.15, -0.1) is 0 Å². The number of urea groups is 1. The Bertz CT molecular complexity index is 704. The molecule has 25 heavy (non-hydrogen) atoms. The number of aliphatic hydroxyl groups excluding tert-OH is 1. The molecule has 0 radical (unpaired) electrons. The van der Waals surface area contributed by atoms with E-state index in [-0.39, 0.29) is 18.9 Å². The zero-order valence-electron chi connectivity index (χ0n) is 13.7. The second-order valence-electron chi connectivity index (χ2n) is 5.34. The minimum atomic E-state index is -0.908. The van der Waals surface area contributed by atoms with Gasteiger partial charge in [0.25, 0.3) is 0 Å². The summed E-state index contributed by atoms with van der Waals surface area (Å²) in [7, 11) is 0. The van der Waals surface area contributed by atoms with Crippen LogP contribution in [-0.4, -0.2) is 24.3 Å². The molecule has 2 amide bonds. The van der Waals surface area contributed by atoms with Crippen LogP contribution in [0.4, 0.5) is 9.18 Å². The van der Waals surface area contributed by atoms with E-state index in [4.69, 9.17) is 4.74 Å². The molecule has 1 unspecified atom stereocenters. The van der Waals surface area contributed by atoms with Gasteiger partial charge in [0.2, 0.25) is 0 Å². The third-order valence-electron chi connectivity index (χ3n) is 3.48. The molecule has 0 spiro atoms. The highest BCUT2D eigenvalue weighted by Crippen LogP contribution is 2.17. The standard InChI is InChI=1S/C19H21FN2O3/c1-2-11-25-18-6-4-3-5-15(18)12-21-19(24)22-13-17(23)14-7-9-16(20)10-8-14/h2-10,17,23H,1,11-13H2,(H2,21,22,24). The zero-order valence-corrected chi connectivity index (χ0v) is 13.7. The van der Waals surface area contributed by atoms with Crippen LogP contribution in [0, 0.1) is 5.82 Å². The van der Waals surface area contributed by atoms with E-state index >= 15 is 0 Å². The maximum Gasteiger partial charge on any atom is 0.315 e. The number of halogens is 1. The lowest BCUT2D eigenvalue weighted by molar-refractivity contribution is 0.173. The van der Waals surface area contributed by atoms with Gasteiger partial charge in [0.15, 0.2) is 0 Å². The van der Waals surface area contributed by atoms with E-state index < -0.39 is 12.1 Å². The average molecular weight is 344 g/mol. The third-order valence-corrected chi connectivity index (χ3v) is 3.48. The molecular weight excluding hydrogens is 323 g/mol. The lowest BCUT2D eigenvalue weighted by Crippen LogP contribution is -2.37. The number of hydrogen-bond donors (Lipinski definition) is 3. The summed E-state index contributed by atoms with van der Waals surface area (Å²) >= 11 is 0. The number of rotatable bonds is 8. The summed E-state index contributed by atoms with van der Waals surface area (Å²) in [6.45, 7) is 4.29. The first-order valence-corrected chi connectivity index (χ1v) is 7.87. The summed E-state index contributed by atoms with van der Waals surface area (Å²) in [5.74, 6) is 0.299. The lowest BCUT2D eigenvalue weighted by Gasteiger charge is -2.14. The summed E-state index contributed by atoms with van der Waals surface area (Å²) in [4.78, 5) is 11.9. The van der Waals surface area contributed by atoms with E-state index in [0.29, 0.717) is 17.9 Å². The SMILES string of the molecule is C=CCOc1ccccc1CNC(=O)NCC(O)c1ccc(F)cc1. The Labute approximate surface area is 146 Å². The van der Waals surface area contributed by atoms with Crippen molar-refractivity contribution in [3.05, 3.63) is 78.1 Å². The second-order valence-corrected chi connectivity index (χ2v) is 5.34. The number of amides is 2. The fourth-order valence-electron chi connectivity index (χ4n) is 2.17. The average Bonchev–Trinajstić information content (AvgIpc) is 2.64. The highest BCUT2D eigenvalue weighted by atomic mass is 19.1. The number of hydrogen-bond acceptors (Lipinski definition) is 3. The van der Waals surface area contributed by atoms with E-state index in [1.54, 1.807) is 6.08 Å². The van der Waals surface area contributed by atoms with E-state index in [1.807, 2.05) is 24.3 Å². The molecule has 2 aromatic carbocycles. The van der Waals surface area contributed by atoms with E-state index in [2.05, 4.69) is 17.2 Å². The summed E-state index contributed by atoms with van der Waals surface area (Å²) < 4.78 is 18.4. The Morgan fingerprint density at radius 2 is 1.92 bits per heavy atom. The number of para-hydroxylation sites is 1. The summed E-state index contributed by atoms with van der Waals surface area (Å²) in [5, 5.41) is 15.3. The van der Waals surface area contributed by atoms with Gasteiger partial charge >= 0.3 is 6.03 Å². The Morgan fingerprint density at radius 1 is 1.20 bits per heavy atom. The van der Waals surface area contributed by atoms with Gasteiger partial charge in [-0.3, -0.25) is 0 Å². The van der Waals surface area contributed by atoms with Crippen molar-refractivity contribution < 1.29 is 19.0 Å². The lowest BCUT2D eigenvalue weighted by atomic mass is 10.1. The highest BCUT2D eigenvalue weighted by Gasteiger charge is 2.10. The topological polar surface area (TPSA) is 70.6 Å². The molecule has 0 aliphatic carbocycles. The van der Waals surface area contributed by atoms with Crippen LogP contribution in [0.25, 0.3) is 0 Å². The molecule has 0 fully saturated rings. The van der Waals surface area contributed by atoms with Crippen LogP contribution in [0.1, 0.15) is 17.2 Å². The van der Waals surface area contributed by atoms with Gasteiger partial charge in [0.1, 0.15) is 18.2 Å².